The molecule has 0 N–H and O–H groups in total. The van der Waals surface area contributed by atoms with Gasteiger partial charge in [-0.1, -0.05) is 0 Å². The van der Waals surface area contributed by atoms with Gasteiger partial charge in [0.15, 0.2) is 0 Å². The summed E-state index contributed by atoms with van der Waals surface area (Å²) in [4.78, 5) is 6.81. The molecule has 0 aliphatic carbocycles. The van der Waals surface area contributed by atoms with Crippen LogP contribution in [0.15, 0.2) is 30.5 Å². The van der Waals surface area contributed by atoms with E-state index in [2.05, 4.69) is 41.9 Å². The molecule has 2 heterocycles. The van der Waals surface area contributed by atoms with E-state index in [-0.39, 0.29) is 11.7 Å². The molecule has 2 aromatic rings. The molecule has 3 rings (SSSR count). The van der Waals surface area contributed by atoms with E-state index in [1.165, 1.54) is 5.69 Å². The molecule has 0 unspecified atom stereocenters. The van der Waals surface area contributed by atoms with Crippen molar-refractivity contribution in [3.05, 3.63) is 30.5 Å². The number of nitrogens with zero attached hydrogens (tertiary/aromatic N) is 2. The zero-order valence-electron chi connectivity index (χ0n) is 13.8. The van der Waals surface area contributed by atoms with Crippen LogP contribution >= 0.6 is 0 Å². The Morgan fingerprint density at radius 3 is 2.82 bits per heavy atom. The first-order chi connectivity index (χ1) is 10.4. The summed E-state index contributed by atoms with van der Waals surface area (Å²) in [6.07, 6.45) is 1.95. The molecule has 1 fully saturated rings. The van der Waals surface area contributed by atoms with Crippen molar-refractivity contribution in [2.75, 3.05) is 24.6 Å². The Labute approximate surface area is 132 Å². The second-order valence-corrected chi connectivity index (χ2v) is 6.71. The van der Waals surface area contributed by atoms with Crippen LogP contribution in [0.4, 0.5) is 5.69 Å². The van der Waals surface area contributed by atoms with E-state index in [4.69, 9.17) is 9.47 Å². The van der Waals surface area contributed by atoms with Crippen LogP contribution in [0.3, 0.4) is 0 Å². The molecule has 0 radical (unpaired) electrons. The maximum atomic E-state index is 5.93. The lowest BCUT2D eigenvalue weighted by Gasteiger charge is -2.39. The fourth-order valence-corrected chi connectivity index (χ4v) is 2.90. The summed E-state index contributed by atoms with van der Waals surface area (Å²) in [5.74, 6) is 0.898. The molecule has 1 saturated heterocycles. The van der Waals surface area contributed by atoms with Crippen LogP contribution < -0.4 is 9.64 Å². The standard InChI is InChI=1S/C18H24N2O2/c1-13(2)22-17-7-8-19-16-6-5-14(11-15(16)17)20-9-10-21-18(3,4)12-20/h5-8,11,13H,9-10,12H2,1-4H3. The van der Waals surface area contributed by atoms with Gasteiger partial charge in [-0.2, -0.15) is 0 Å². The molecule has 0 bridgehead atoms. The van der Waals surface area contributed by atoms with Crippen LogP contribution in [0.2, 0.25) is 0 Å². The smallest absolute Gasteiger partial charge is 0.130 e. The second kappa shape index (κ2) is 5.76. The number of morpholine rings is 1. The normalized spacial score (nSPS) is 18.0. The van der Waals surface area contributed by atoms with E-state index in [1.807, 2.05) is 19.9 Å². The van der Waals surface area contributed by atoms with E-state index < -0.39 is 0 Å². The summed E-state index contributed by atoms with van der Waals surface area (Å²) in [6, 6.07) is 8.33. The molecule has 22 heavy (non-hydrogen) atoms. The van der Waals surface area contributed by atoms with Gasteiger partial charge < -0.3 is 14.4 Å². The van der Waals surface area contributed by atoms with Gasteiger partial charge in [-0.05, 0) is 52.0 Å². The van der Waals surface area contributed by atoms with Crippen molar-refractivity contribution in [1.82, 2.24) is 4.98 Å². The van der Waals surface area contributed by atoms with E-state index in [9.17, 15) is 0 Å². The molecule has 1 aliphatic heterocycles. The summed E-state index contributed by atoms with van der Waals surface area (Å²) in [5.41, 5.74) is 2.05. The molecule has 0 amide bonds. The van der Waals surface area contributed by atoms with Gasteiger partial charge in [0.1, 0.15) is 5.75 Å². The molecule has 1 aliphatic rings. The van der Waals surface area contributed by atoms with Gasteiger partial charge in [-0.3, -0.25) is 4.98 Å². The Morgan fingerprint density at radius 1 is 1.27 bits per heavy atom. The molecular weight excluding hydrogens is 276 g/mol. The Bertz CT molecular complexity index is 667. The zero-order valence-corrected chi connectivity index (χ0v) is 13.8. The first-order valence-electron chi connectivity index (χ1n) is 7.89. The van der Waals surface area contributed by atoms with Crippen molar-refractivity contribution >= 4 is 16.6 Å². The molecular formula is C18H24N2O2. The predicted octanol–water partition coefficient (Wildman–Crippen LogP) is 3.64. The highest BCUT2D eigenvalue weighted by Gasteiger charge is 2.27. The van der Waals surface area contributed by atoms with Gasteiger partial charge in [-0.25, -0.2) is 0 Å². The Morgan fingerprint density at radius 2 is 2.09 bits per heavy atom. The molecule has 1 aromatic heterocycles. The maximum Gasteiger partial charge on any atom is 0.130 e. The monoisotopic (exact) mass is 300 g/mol. The summed E-state index contributed by atoms with van der Waals surface area (Å²) >= 11 is 0. The zero-order chi connectivity index (χ0) is 15.7. The quantitative estimate of drug-likeness (QED) is 0.867. The predicted molar refractivity (Wildman–Crippen MR) is 89.8 cm³/mol. The number of hydrogen-bond donors (Lipinski definition) is 0. The number of benzene rings is 1. The molecule has 0 saturated carbocycles. The van der Waals surface area contributed by atoms with E-state index >= 15 is 0 Å². The van der Waals surface area contributed by atoms with Gasteiger partial charge in [-0.15, -0.1) is 0 Å². The second-order valence-electron chi connectivity index (χ2n) is 6.71. The highest BCUT2D eigenvalue weighted by molar-refractivity contribution is 5.88. The van der Waals surface area contributed by atoms with E-state index in [0.717, 1.165) is 36.3 Å². The number of rotatable bonds is 3. The lowest BCUT2D eigenvalue weighted by molar-refractivity contribution is -0.0276. The third kappa shape index (κ3) is 3.17. The van der Waals surface area contributed by atoms with Gasteiger partial charge in [0.2, 0.25) is 0 Å². The van der Waals surface area contributed by atoms with Gasteiger partial charge in [0.05, 0.1) is 23.8 Å². The summed E-state index contributed by atoms with van der Waals surface area (Å²) in [6.45, 7) is 10.9. The summed E-state index contributed by atoms with van der Waals surface area (Å²) in [7, 11) is 0. The van der Waals surface area contributed by atoms with Crippen molar-refractivity contribution in [2.24, 2.45) is 0 Å². The Hall–Kier alpha value is -1.81. The van der Waals surface area contributed by atoms with Crippen LogP contribution in [-0.2, 0) is 4.74 Å². The minimum absolute atomic E-state index is 0.112. The fourth-order valence-electron chi connectivity index (χ4n) is 2.90. The highest BCUT2D eigenvalue weighted by atomic mass is 16.5. The third-order valence-electron chi connectivity index (χ3n) is 3.84. The number of fused-ring (bicyclic) bond motifs is 1. The van der Waals surface area contributed by atoms with Crippen molar-refractivity contribution in [1.29, 1.82) is 0 Å². The van der Waals surface area contributed by atoms with Crippen LogP contribution in [0, 0.1) is 0 Å². The van der Waals surface area contributed by atoms with E-state index in [1.54, 1.807) is 6.20 Å². The molecule has 118 valence electrons. The first-order valence-corrected chi connectivity index (χ1v) is 7.89. The minimum Gasteiger partial charge on any atom is -0.490 e. The van der Waals surface area contributed by atoms with Gasteiger partial charge in [0.25, 0.3) is 0 Å². The third-order valence-corrected chi connectivity index (χ3v) is 3.84. The average Bonchev–Trinajstić information content (AvgIpc) is 2.45. The average molecular weight is 300 g/mol. The van der Waals surface area contributed by atoms with Gasteiger partial charge >= 0.3 is 0 Å². The molecule has 1 aromatic carbocycles. The largest absolute Gasteiger partial charge is 0.490 e. The lowest BCUT2D eigenvalue weighted by atomic mass is 10.1. The van der Waals surface area contributed by atoms with E-state index in [0.29, 0.717) is 0 Å². The van der Waals surface area contributed by atoms with Crippen LogP contribution in [0.5, 0.6) is 5.75 Å². The molecule has 4 nitrogen and oxygen atoms in total. The Kier molecular flexibility index (Phi) is 3.96. The summed E-state index contributed by atoms with van der Waals surface area (Å²) in [5, 5.41) is 1.07. The Balaban J connectivity index is 1.97. The molecule has 4 heteroatoms. The number of hydrogen-bond acceptors (Lipinski definition) is 4. The number of aromatic nitrogens is 1. The first kappa shape index (κ1) is 15.1. The molecule has 0 atom stereocenters. The van der Waals surface area contributed by atoms with Crippen LogP contribution in [-0.4, -0.2) is 36.4 Å². The topological polar surface area (TPSA) is 34.6 Å². The summed E-state index contributed by atoms with van der Waals surface area (Å²) < 4.78 is 11.7. The highest BCUT2D eigenvalue weighted by Crippen LogP contribution is 2.30. The maximum absolute atomic E-state index is 5.93. The van der Waals surface area contributed by atoms with Crippen molar-refractivity contribution in [2.45, 2.75) is 39.4 Å². The van der Waals surface area contributed by atoms with Crippen LogP contribution in [0.25, 0.3) is 10.9 Å². The number of ether oxygens (including phenoxy) is 2. The lowest BCUT2D eigenvalue weighted by Crippen LogP contribution is -2.48. The SMILES string of the molecule is CC(C)Oc1ccnc2ccc(N3CCOC(C)(C)C3)cc12. The number of anilines is 1. The van der Waals surface area contributed by atoms with Crippen molar-refractivity contribution < 1.29 is 9.47 Å². The van der Waals surface area contributed by atoms with Crippen molar-refractivity contribution in [3.8, 4) is 5.75 Å². The van der Waals surface area contributed by atoms with Gasteiger partial charge in [0, 0.05) is 30.4 Å². The number of pyridine rings is 1. The minimum atomic E-state index is -0.112. The molecule has 0 spiro atoms. The van der Waals surface area contributed by atoms with Crippen molar-refractivity contribution in [3.63, 3.8) is 0 Å². The van der Waals surface area contributed by atoms with Crippen LogP contribution in [0.1, 0.15) is 27.7 Å². The fraction of sp³-hybridized carbons (Fsp3) is 0.500.